The Morgan fingerprint density at radius 2 is 2.32 bits per heavy atom. The number of aryl methyl sites for hydroxylation is 2. The van der Waals surface area contributed by atoms with Gasteiger partial charge in [0, 0.05) is 25.6 Å². The number of hydrogen-bond donors (Lipinski definition) is 1. The van der Waals surface area contributed by atoms with Crippen molar-refractivity contribution in [3.05, 3.63) is 5.69 Å². The molecule has 0 saturated carbocycles. The molecule has 2 unspecified atom stereocenters. The molecule has 1 saturated heterocycles. The number of nitrogens with zero attached hydrogens (tertiary/aromatic N) is 4. The van der Waals surface area contributed by atoms with E-state index in [1.54, 1.807) is 0 Å². The molecule has 1 fully saturated rings. The Labute approximate surface area is 112 Å². The molecule has 1 aliphatic heterocycles. The van der Waals surface area contributed by atoms with E-state index in [9.17, 15) is 0 Å². The summed E-state index contributed by atoms with van der Waals surface area (Å²) >= 11 is 0. The van der Waals surface area contributed by atoms with Crippen LogP contribution in [0, 0.1) is 5.92 Å². The SMILES string of the molecule is CCc1nn(C)c2c1nc(N)n2C(C)C1CCOC1. The van der Waals surface area contributed by atoms with Crippen molar-refractivity contribution in [2.45, 2.75) is 32.7 Å². The van der Waals surface area contributed by atoms with Crippen molar-refractivity contribution in [2.75, 3.05) is 18.9 Å². The fraction of sp³-hybridized carbons (Fsp3) is 0.692. The quantitative estimate of drug-likeness (QED) is 0.911. The molecule has 0 spiro atoms. The van der Waals surface area contributed by atoms with Crippen LogP contribution in [-0.4, -0.2) is 32.5 Å². The Morgan fingerprint density at radius 1 is 1.53 bits per heavy atom. The second-order valence-electron chi connectivity index (χ2n) is 5.30. The first-order chi connectivity index (χ1) is 9.13. The molecule has 2 aromatic heterocycles. The zero-order valence-electron chi connectivity index (χ0n) is 11.8. The summed E-state index contributed by atoms with van der Waals surface area (Å²) in [7, 11) is 1.96. The van der Waals surface area contributed by atoms with Gasteiger partial charge in [0.2, 0.25) is 5.95 Å². The van der Waals surface area contributed by atoms with Gasteiger partial charge in [0.1, 0.15) is 5.52 Å². The van der Waals surface area contributed by atoms with E-state index in [-0.39, 0.29) is 6.04 Å². The Hall–Kier alpha value is -1.56. The van der Waals surface area contributed by atoms with Gasteiger partial charge >= 0.3 is 0 Å². The first-order valence-electron chi connectivity index (χ1n) is 6.90. The highest BCUT2D eigenvalue weighted by molar-refractivity contribution is 5.78. The number of hydrogen-bond acceptors (Lipinski definition) is 4. The second-order valence-corrected chi connectivity index (χ2v) is 5.30. The highest BCUT2D eigenvalue weighted by Gasteiger charge is 2.28. The van der Waals surface area contributed by atoms with E-state index in [1.807, 2.05) is 11.7 Å². The monoisotopic (exact) mass is 263 g/mol. The van der Waals surface area contributed by atoms with Crippen LogP contribution in [-0.2, 0) is 18.2 Å². The van der Waals surface area contributed by atoms with Crippen molar-refractivity contribution in [1.82, 2.24) is 19.3 Å². The number of ether oxygens (including phenoxy) is 1. The molecule has 3 rings (SSSR count). The molecule has 104 valence electrons. The zero-order chi connectivity index (χ0) is 13.6. The summed E-state index contributed by atoms with van der Waals surface area (Å²) in [6.07, 6.45) is 1.95. The minimum Gasteiger partial charge on any atom is -0.381 e. The van der Waals surface area contributed by atoms with Crippen molar-refractivity contribution in [3.8, 4) is 0 Å². The molecule has 6 heteroatoms. The molecular formula is C13H21N5O. The maximum atomic E-state index is 6.13. The highest BCUT2D eigenvalue weighted by atomic mass is 16.5. The third-order valence-electron chi connectivity index (χ3n) is 4.15. The van der Waals surface area contributed by atoms with Gasteiger partial charge in [-0.2, -0.15) is 5.10 Å². The fourth-order valence-electron chi connectivity index (χ4n) is 3.00. The Morgan fingerprint density at radius 3 is 2.95 bits per heavy atom. The molecule has 0 aromatic carbocycles. The molecule has 2 atom stereocenters. The molecular weight excluding hydrogens is 242 g/mol. The van der Waals surface area contributed by atoms with Crippen LogP contribution in [0.1, 0.15) is 32.0 Å². The lowest BCUT2D eigenvalue weighted by molar-refractivity contribution is 0.176. The summed E-state index contributed by atoms with van der Waals surface area (Å²) < 4.78 is 9.49. The number of nitrogen functional groups attached to an aromatic ring is 1. The highest BCUT2D eigenvalue weighted by Crippen LogP contribution is 2.32. The van der Waals surface area contributed by atoms with E-state index in [4.69, 9.17) is 10.5 Å². The number of nitrogens with two attached hydrogens (primary N) is 1. The topological polar surface area (TPSA) is 70.9 Å². The second kappa shape index (κ2) is 4.52. The van der Waals surface area contributed by atoms with Crippen molar-refractivity contribution in [1.29, 1.82) is 0 Å². The summed E-state index contributed by atoms with van der Waals surface area (Å²) in [4.78, 5) is 4.51. The average Bonchev–Trinajstić information content (AvgIpc) is 3.06. The molecule has 3 heterocycles. The maximum absolute atomic E-state index is 6.13. The molecule has 2 N–H and O–H groups in total. The lowest BCUT2D eigenvalue weighted by Crippen LogP contribution is -2.19. The number of aromatic nitrogens is 4. The predicted octanol–water partition coefficient (Wildman–Crippen LogP) is 1.51. The first kappa shape index (κ1) is 12.5. The van der Waals surface area contributed by atoms with Gasteiger partial charge in [-0.1, -0.05) is 6.92 Å². The summed E-state index contributed by atoms with van der Waals surface area (Å²) in [6.45, 7) is 5.93. The van der Waals surface area contributed by atoms with Gasteiger partial charge in [0.25, 0.3) is 0 Å². The molecule has 6 nitrogen and oxygen atoms in total. The van der Waals surface area contributed by atoms with E-state index in [2.05, 4.69) is 28.5 Å². The van der Waals surface area contributed by atoms with E-state index in [1.165, 1.54) is 0 Å². The molecule has 0 aliphatic carbocycles. The number of imidazole rings is 1. The summed E-state index contributed by atoms with van der Waals surface area (Å²) in [5, 5.41) is 4.53. The van der Waals surface area contributed by atoms with Crippen LogP contribution in [0.3, 0.4) is 0 Å². The van der Waals surface area contributed by atoms with E-state index < -0.39 is 0 Å². The summed E-state index contributed by atoms with van der Waals surface area (Å²) in [6, 6.07) is 0.285. The van der Waals surface area contributed by atoms with E-state index >= 15 is 0 Å². The minimum absolute atomic E-state index is 0.285. The lowest BCUT2D eigenvalue weighted by Gasteiger charge is -2.21. The van der Waals surface area contributed by atoms with Crippen molar-refractivity contribution in [3.63, 3.8) is 0 Å². The van der Waals surface area contributed by atoms with Crippen LogP contribution in [0.2, 0.25) is 0 Å². The molecule has 0 radical (unpaired) electrons. The van der Waals surface area contributed by atoms with Crippen LogP contribution in [0.15, 0.2) is 0 Å². The Bertz CT molecular complexity index is 594. The molecule has 1 aliphatic rings. The van der Waals surface area contributed by atoms with E-state index in [0.29, 0.717) is 11.9 Å². The molecule has 2 aromatic rings. The lowest BCUT2D eigenvalue weighted by atomic mass is 10.0. The van der Waals surface area contributed by atoms with Crippen molar-refractivity contribution < 1.29 is 4.74 Å². The maximum Gasteiger partial charge on any atom is 0.202 e. The number of anilines is 1. The minimum atomic E-state index is 0.285. The van der Waals surface area contributed by atoms with Crippen LogP contribution >= 0.6 is 0 Å². The third kappa shape index (κ3) is 1.82. The van der Waals surface area contributed by atoms with Gasteiger partial charge in [0.15, 0.2) is 5.65 Å². The fourth-order valence-corrected chi connectivity index (χ4v) is 3.00. The van der Waals surface area contributed by atoms with Crippen molar-refractivity contribution >= 4 is 17.1 Å². The molecule has 19 heavy (non-hydrogen) atoms. The zero-order valence-corrected chi connectivity index (χ0v) is 11.8. The summed E-state index contributed by atoms with van der Waals surface area (Å²) in [5.41, 5.74) is 9.10. The first-order valence-corrected chi connectivity index (χ1v) is 6.90. The Balaban J connectivity index is 2.11. The normalized spacial score (nSPS) is 21.3. The van der Waals surface area contributed by atoms with E-state index in [0.717, 1.165) is 42.9 Å². The van der Waals surface area contributed by atoms with Crippen LogP contribution in [0.4, 0.5) is 5.95 Å². The van der Waals surface area contributed by atoms with Gasteiger partial charge in [-0.15, -0.1) is 0 Å². The van der Waals surface area contributed by atoms with Gasteiger partial charge in [-0.25, -0.2) is 4.98 Å². The van der Waals surface area contributed by atoms with Crippen LogP contribution in [0.25, 0.3) is 11.2 Å². The van der Waals surface area contributed by atoms with Gasteiger partial charge in [0.05, 0.1) is 12.3 Å². The molecule has 0 bridgehead atoms. The van der Waals surface area contributed by atoms with Crippen LogP contribution < -0.4 is 5.73 Å². The largest absolute Gasteiger partial charge is 0.381 e. The summed E-state index contributed by atoms with van der Waals surface area (Å²) in [5.74, 6) is 1.08. The third-order valence-corrected chi connectivity index (χ3v) is 4.15. The average molecular weight is 263 g/mol. The van der Waals surface area contributed by atoms with Gasteiger partial charge < -0.3 is 10.5 Å². The number of rotatable bonds is 3. The van der Waals surface area contributed by atoms with Crippen LogP contribution in [0.5, 0.6) is 0 Å². The molecule has 0 amide bonds. The smallest absolute Gasteiger partial charge is 0.202 e. The Kier molecular flexibility index (Phi) is 2.97. The predicted molar refractivity (Wildman–Crippen MR) is 73.9 cm³/mol. The van der Waals surface area contributed by atoms with Crippen molar-refractivity contribution in [2.24, 2.45) is 13.0 Å². The number of fused-ring (bicyclic) bond motifs is 1. The van der Waals surface area contributed by atoms with Gasteiger partial charge in [-0.05, 0) is 19.8 Å². The standard InChI is InChI=1S/C13H21N5O/c1-4-10-11-12(17(3)16-10)18(13(14)15-11)8(2)9-5-6-19-7-9/h8-9H,4-7H2,1-3H3,(H2,14,15). The van der Waals surface area contributed by atoms with Gasteiger partial charge in [-0.3, -0.25) is 9.25 Å².